The number of ether oxygens (including phenoxy) is 1. The average molecular weight is 442 g/mol. The number of piperidine rings is 1. The van der Waals surface area contributed by atoms with Crippen molar-refractivity contribution in [2.75, 3.05) is 37.6 Å². The van der Waals surface area contributed by atoms with Crippen molar-refractivity contribution in [3.8, 4) is 0 Å². The summed E-state index contributed by atoms with van der Waals surface area (Å²) in [5, 5.41) is 0. The van der Waals surface area contributed by atoms with Crippen LogP contribution >= 0.6 is 0 Å². The van der Waals surface area contributed by atoms with E-state index in [1.165, 1.54) is 11.0 Å². The molecule has 0 bridgehead atoms. The standard InChI is InChI=1S/C21H29F3N4O3/c1-20(2,3)31-19(30)28-9-5-4-6-16(28)18(29)27-12-10-26(11-13-27)17-8-7-15(14-25-17)21(22,23)24/h7-8,14,16H,4-6,9-13H2,1-3H3. The molecule has 1 unspecified atom stereocenters. The molecule has 31 heavy (non-hydrogen) atoms. The number of amides is 2. The number of hydrogen-bond acceptors (Lipinski definition) is 5. The number of likely N-dealkylation sites (tertiary alicyclic amines) is 1. The number of halogens is 3. The summed E-state index contributed by atoms with van der Waals surface area (Å²) in [6, 6.07) is 1.83. The highest BCUT2D eigenvalue weighted by Gasteiger charge is 2.38. The van der Waals surface area contributed by atoms with Gasteiger partial charge in [-0.15, -0.1) is 0 Å². The lowest BCUT2D eigenvalue weighted by molar-refractivity contribution is -0.139. The summed E-state index contributed by atoms with van der Waals surface area (Å²) in [4.78, 5) is 34.8. The lowest BCUT2D eigenvalue weighted by atomic mass is 10.0. The maximum atomic E-state index is 13.1. The first-order valence-electron chi connectivity index (χ1n) is 10.5. The minimum atomic E-state index is -4.42. The number of carbonyl (C=O) groups excluding carboxylic acids is 2. The molecular formula is C21H29F3N4O3. The van der Waals surface area contributed by atoms with Gasteiger partial charge in [0, 0.05) is 38.9 Å². The zero-order valence-corrected chi connectivity index (χ0v) is 18.1. The zero-order chi connectivity index (χ0) is 22.8. The van der Waals surface area contributed by atoms with Crippen LogP contribution in [-0.4, -0.2) is 71.2 Å². The SMILES string of the molecule is CC(C)(C)OC(=O)N1CCCCC1C(=O)N1CCN(c2ccc(C(F)(F)F)cn2)CC1. The van der Waals surface area contributed by atoms with Crippen molar-refractivity contribution in [1.82, 2.24) is 14.8 Å². The molecule has 3 rings (SSSR count). The number of anilines is 1. The molecule has 1 aromatic heterocycles. The van der Waals surface area contributed by atoms with Gasteiger partial charge in [0.05, 0.1) is 5.56 Å². The topological polar surface area (TPSA) is 66.0 Å². The van der Waals surface area contributed by atoms with E-state index in [9.17, 15) is 22.8 Å². The molecule has 2 saturated heterocycles. The Labute approximate surface area is 180 Å². The zero-order valence-electron chi connectivity index (χ0n) is 18.1. The normalized spacial score (nSPS) is 20.6. The van der Waals surface area contributed by atoms with E-state index < -0.39 is 29.5 Å². The van der Waals surface area contributed by atoms with Crippen LogP contribution in [0, 0.1) is 0 Å². The third kappa shape index (κ3) is 5.80. The second-order valence-electron chi connectivity index (χ2n) is 8.90. The first-order valence-corrected chi connectivity index (χ1v) is 10.5. The molecule has 0 aliphatic carbocycles. The quantitative estimate of drug-likeness (QED) is 0.701. The van der Waals surface area contributed by atoms with Gasteiger partial charge in [0.15, 0.2) is 0 Å². The van der Waals surface area contributed by atoms with Crippen LogP contribution in [0.15, 0.2) is 18.3 Å². The van der Waals surface area contributed by atoms with Crippen molar-refractivity contribution >= 4 is 17.8 Å². The summed E-state index contributed by atoms with van der Waals surface area (Å²) in [7, 11) is 0. The summed E-state index contributed by atoms with van der Waals surface area (Å²) in [6.07, 6.45) is -1.77. The largest absolute Gasteiger partial charge is 0.444 e. The maximum Gasteiger partial charge on any atom is 0.417 e. The predicted octanol–water partition coefficient (Wildman–Crippen LogP) is 3.54. The third-order valence-corrected chi connectivity index (χ3v) is 5.41. The van der Waals surface area contributed by atoms with Crippen LogP contribution in [-0.2, 0) is 15.7 Å². The fourth-order valence-electron chi connectivity index (χ4n) is 3.83. The first-order chi connectivity index (χ1) is 14.5. The van der Waals surface area contributed by atoms with Gasteiger partial charge in [-0.25, -0.2) is 9.78 Å². The lowest BCUT2D eigenvalue weighted by Crippen LogP contribution is -2.57. The number of alkyl halides is 3. The van der Waals surface area contributed by atoms with E-state index in [0.29, 0.717) is 45.0 Å². The number of piperazine rings is 1. The fraction of sp³-hybridized carbons (Fsp3) is 0.667. The average Bonchev–Trinajstić information content (AvgIpc) is 2.71. The molecule has 0 saturated carbocycles. The molecular weight excluding hydrogens is 413 g/mol. The molecule has 2 amide bonds. The van der Waals surface area contributed by atoms with Crippen molar-refractivity contribution < 1.29 is 27.5 Å². The number of hydrogen-bond donors (Lipinski definition) is 0. The Hall–Kier alpha value is -2.52. The summed E-state index contributed by atoms with van der Waals surface area (Å²) in [5.41, 5.74) is -1.42. The molecule has 0 N–H and O–H groups in total. The Bertz CT molecular complexity index is 785. The van der Waals surface area contributed by atoms with E-state index in [-0.39, 0.29) is 5.91 Å². The lowest BCUT2D eigenvalue weighted by Gasteiger charge is -2.41. The van der Waals surface area contributed by atoms with Crippen molar-refractivity contribution in [3.63, 3.8) is 0 Å². The van der Waals surface area contributed by atoms with Gasteiger partial charge in [0.25, 0.3) is 0 Å². The molecule has 1 atom stereocenters. The van der Waals surface area contributed by atoms with Crippen LogP contribution in [0.1, 0.15) is 45.6 Å². The van der Waals surface area contributed by atoms with E-state index in [0.717, 1.165) is 25.1 Å². The Morgan fingerprint density at radius 2 is 1.71 bits per heavy atom. The summed E-state index contributed by atoms with van der Waals surface area (Å²) in [5.74, 6) is 0.346. The number of nitrogens with zero attached hydrogens (tertiary/aromatic N) is 4. The van der Waals surface area contributed by atoms with Gasteiger partial charge in [-0.3, -0.25) is 9.69 Å². The first kappa shape index (κ1) is 23.1. The fourth-order valence-corrected chi connectivity index (χ4v) is 3.83. The molecule has 0 spiro atoms. The Morgan fingerprint density at radius 1 is 1.03 bits per heavy atom. The van der Waals surface area contributed by atoms with Gasteiger partial charge >= 0.3 is 12.3 Å². The predicted molar refractivity (Wildman–Crippen MR) is 109 cm³/mol. The molecule has 1 aromatic rings. The van der Waals surface area contributed by atoms with Gasteiger partial charge < -0.3 is 14.5 Å². The minimum absolute atomic E-state index is 0.106. The molecule has 172 valence electrons. The van der Waals surface area contributed by atoms with Crippen LogP contribution in [0.5, 0.6) is 0 Å². The van der Waals surface area contributed by atoms with Crippen LogP contribution in [0.4, 0.5) is 23.8 Å². The van der Waals surface area contributed by atoms with Crippen molar-refractivity contribution in [3.05, 3.63) is 23.9 Å². The third-order valence-electron chi connectivity index (χ3n) is 5.41. The number of carbonyl (C=O) groups is 2. The summed E-state index contributed by atoms with van der Waals surface area (Å²) >= 11 is 0. The molecule has 7 nitrogen and oxygen atoms in total. The van der Waals surface area contributed by atoms with E-state index in [1.54, 1.807) is 25.7 Å². The Balaban J connectivity index is 1.60. The Kier molecular flexibility index (Phi) is 6.66. The van der Waals surface area contributed by atoms with E-state index >= 15 is 0 Å². The number of aromatic nitrogens is 1. The van der Waals surface area contributed by atoms with Crippen LogP contribution in [0.2, 0.25) is 0 Å². The van der Waals surface area contributed by atoms with Gasteiger partial charge in [0.2, 0.25) is 5.91 Å². The van der Waals surface area contributed by atoms with Crippen LogP contribution < -0.4 is 4.90 Å². The van der Waals surface area contributed by atoms with Gasteiger partial charge in [0.1, 0.15) is 17.5 Å². The smallest absolute Gasteiger partial charge is 0.417 e. The van der Waals surface area contributed by atoms with E-state index in [1.807, 2.05) is 4.90 Å². The van der Waals surface area contributed by atoms with Crippen molar-refractivity contribution in [2.24, 2.45) is 0 Å². The molecule has 2 aliphatic heterocycles. The second kappa shape index (κ2) is 8.92. The van der Waals surface area contributed by atoms with Gasteiger partial charge in [-0.05, 0) is 52.2 Å². The molecule has 2 fully saturated rings. The van der Waals surface area contributed by atoms with Gasteiger partial charge in [-0.1, -0.05) is 0 Å². The highest BCUT2D eigenvalue weighted by Crippen LogP contribution is 2.29. The summed E-state index contributed by atoms with van der Waals surface area (Å²) in [6.45, 7) is 7.62. The molecule has 0 radical (unpaired) electrons. The molecule has 10 heteroatoms. The highest BCUT2D eigenvalue weighted by atomic mass is 19.4. The van der Waals surface area contributed by atoms with E-state index in [2.05, 4.69) is 4.98 Å². The Morgan fingerprint density at radius 3 is 2.26 bits per heavy atom. The van der Waals surface area contributed by atoms with Crippen LogP contribution in [0.3, 0.4) is 0 Å². The van der Waals surface area contributed by atoms with Crippen molar-refractivity contribution in [1.29, 1.82) is 0 Å². The van der Waals surface area contributed by atoms with Gasteiger partial charge in [-0.2, -0.15) is 13.2 Å². The maximum absolute atomic E-state index is 13.1. The summed E-state index contributed by atoms with van der Waals surface area (Å²) < 4.78 is 43.6. The minimum Gasteiger partial charge on any atom is -0.444 e. The molecule has 0 aromatic carbocycles. The monoisotopic (exact) mass is 442 g/mol. The number of rotatable bonds is 2. The number of pyridine rings is 1. The van der Waals surface area contributed by atoms with Crippen LogP contribution in [0.25, 0.3) is 0 Å². The second-order valence-corrected chi connectivity index (χ2v) is 8.90. The molecule has 2 aliphatic rings. The van der Waals surface area contributed by atoms with Crippen molar-refractivity contribution in [2.45, 2.75) is 57.9 Å². The molecule has 3 heterocycles. The van der Waals surface area contributed by atoms with E-state index in [4.69, 9.17) is 4.74 Å². The highest BCUT2D eigenvalue weighted by molar-refractivity contribution is 5.86.